The first-order chi connectivity index (χ1) is 18.4. The highest BCUT2D eigenvalue weighted by molar-refractivity contribution is 5.83. The average Bonchev–Trinajstić information content (AvgIpc) is 3.65. The summed E-state index contributed by atoms with van der Waals surface area (Å²) >= 11 is 0. The summed E-state index contributed by atoms with van der Waals surface area (Å²) in [5, 5.41) is 31.6. The molecule has 5 rings (SSSR count). The second kappa shape index (κ2) is 10.2. The molecule has 3 fully saturated rings. The first-order valence-electron chi connectivity index (χ1n) is 13.5. The molecule has 2 spiro atoms. The number of carbonyl (C=O) groups is 2. The SMILES string of the molecule is CC1=C[C@H]2O[C@@H]3C[C@H]4OC(=O)/C=C\C=C\[C@H]([C@@H](C)O)OCC(O)/C(C)=C/C(=O)OC[C@@]2(C[C@H]1O)[C@]4(C)C31CO1. The molecule has 3 N–H and O–H groups in total. The molecule has 0 amide bonds. The van der Waals surface area contributed by atoms with Gasteiger partial charge in [-0.1, -0.05) is 31.2 Å². The highest BCUT2D eigenvalue weighted by Gasteiger charge is 2.83. The van der Waals surface area contributed by atoms with Crippen LogP contribution in [0.25, 0.3) is 0 Å². The number of allylic oxidation sites excluding steroid dienone is 2. The van der Waals surface area contributed by atoms with Crippen LogP contribution in [0.1, 0.15) is 40.5 Å². The van der Waals surface area contributed by atoms with Gasteiger partial charge in [-0.2, -0.15) is 0 Å². The fourth-order valence-electron chi connectivity index (χ4n) is 6.84. The molecule has 1 saturated carbocycles. The molecule has 214 valence electrons. The van der Waals surface area contributed by atoms with E-state index in [4.69, 9.17) is 23.7 Å². The van der Waals surface area contributed by atoms with Crippen LogP contribution >= 0.6 is 0 Å². The standard InChI is InChI=1S/C29H38O10/c1-16-9-23-28(12-19(16)31)14-36-26(34)10-17(2)20(32)13-35-21(18(3)30)7-5-6-8-25(33)39-22-11-24(38-23)29(15-37-29)27(22,28)4/h5-10,18-24,30-32H,11-15H2,1-4H3/b7-5+,8-6-,17-10+/t18-,19-,20?,21-,22-,23-,24-,27-,28-,29?/m1/s1. The summed E-state index contributed by atoms with van der Waals surface area (Å²) in [6.07, 6.45) is 4.68. The van der Waals surface area contributed by atoms with Gasteiger partial charge in [-0.3, -0.25) is 0 Å². The summed E-state index contributed by atoms with van der Waals surface area (Å²) < 4.78 is 30.1. The number of rotatable bonds is 1. The van der Waals surface area contributed by atoms with Crippen molar-refractivity contribution < 1.29 is 48.6 Å². The highest BCUT2D eigenvalue weighted by Crippen LogP contribution is 2.72. The number of esters is 2. The van der Waals surface area contributed by atoms with E-state index in [0.717, 1.165) is 5.57 Å². The van der Waals surface area contributed by atoms with Gasteiger partial charge in [-0.15, -0.1) is 0 Å². The van der Waals surface area contributed by atoms with E-state index in [-0.39, 0.29) is 25.7 Å². The van der Waals surface area contributed by atoms with Crippen LogP contribution in [0, 0.1) is 10.8 Å². The second-order valence-corrected chi connectivity index (χ2v) is 11.7. The van der Waals surface area contributed by atoms with Crippen LogP contribution in [0.4, 0.5) is 0 Å². The van der Waals surface area contributed by atoms with Gasteiger partial charge in [0.25, 0.3) is 0 Å². The molecule has 0 aromatic carbocycles. The summed E-state index contributed by atoms with van der Waals surface area (Å²) in [7, 11) is 0. The zero-order valence-electron chi connectivity index (χ0n) is 22.7. The van der Waals surface area contributed by atoms with Crippen LogP contribution in [0.5, 0.6) is 0 Å². The number of hydrogen-bond donors (Lipinski definition) is 3. The molecule has 2 aliphatic carbocycles. The number of aliphatic hydroxyl groups is 3. The van der Waals surface area contributed by atoms with E-state index < -0.39 is 65.0 Å². The van der Waals surface area contributed by atoms with Gasteiger partial charge in [0, 0.05) is 24.0 Å². The van der Waals surface area contributed by atoms with E-state index in [2.05, 4.69) is 0 Å². The minimum absolute atomic E-state index is 0.112. The Kier molecular flexibility index (Phi) is 7.41. The monoisotopic (exact) mass is 546 g/mol. The molecule has 3 aliphatic heterocycles. The van der Waals surface area contributed by atoms with E-state index in [9.17, 15) is 24.9 Å². The fourth-order valence-corrected chi connectivity index (χ4v) is 6.84. The van der Waals surface area contributed by atoms with Crippen molar-refractivity contribution in [2.24, 2.45) is 10.8 Å². The van der Waals surface area contributed by atoms with Crippen molar-refractivity contribution in [2.75, 3.05) is 19.8 Å². The topological polar surface area (TPSA) is 144 Å². The van der Waals surface area contributed by atoms with Crippen molar-refractivity contribution >= 4 is 11.9 Å². The van der Waals surface area contributed by atoms with Gasteiger partial charge in [0.2, 0.25) is 0 Å². The lowest BCUT2D eigenvalue weighted by atomic mass is 9.51. The normalized spacial score (nSPS) is 48.3. The predicted molar refractivity (Wildman–Crippen MR) is 137 cm³/mol. The number of cyclic esters (lactones) is 1. The predicted octanol–water partition coefficient (Wildman–Crippen LogP) is 1.28. The molecule has 5 aliphatic rings. The Morgan fingerprint density at radius 3 is 2.46 bits per heavy atom. The Hall–Kier alpha value is -2.34. The van der Waals surface area contributed by atoms with E-state index >= 15 is 0 Å². The Labute approximate surface area is 227 Å². The Balaban J connectivity index is 1.54. The van der Waals surface area contributed by atoms with Crippen molar-refractivity contribution in [3.63, 3.8) is 0 Å². The summed E-state index contributed by atoms with van der Waals surface area (Å²) in [5.41, 5.74) is -1.40. The molecule has 10 nitrogen and oxygen atoms in total. The van der Waals surface area contributed by atoms with E-state index in [0.29, 0.717) is 18.6 Å². The van der Waals surface area contributed by atoms with Gasteiger partial charge in [0.15, 0.2) is 0 Å². The van der Waals surface area contributed by atoms with Crippen LogP contribution in [0.2, 0.25) is 0 Å². The van der Waals surface area contributed by atoms with Gasteiger partial charge in [-0.05, 0) is 38.3 Å². The quantitative estimate of drug-likeness (QED) is 0.250. The molecule has 0 radical (unpaired) electrons. The maximum atomic E-state index is 13.0. The number of hydrogen-bond acceptors (Lipinski definition) is 10. The molecule has 10 atom stereocenters. The smallest absolute Gasteiger partial charge is 0.331 e. The van der Waals surface area contributed by atoms with Crippen molar-refractivity contribution in [2.45, 2.75) is 88.9 Å². The maximum absolute atomic E-state index is 13.0. The second-order valence-electron chi connectivity index (χ2n) is 11.7. The van der Waals surface area contributed by atoms with Crippen LogP contribution in [0.3, 0.4) is 0 Å². The van der Waals surface area contributed by atoms with Gasteiger partial charge in [0.1, 0.15) is 24.4 Å². The molecule has 3 heterocycles. The van der Waals surface area contributed by atoms with Crippen molar-refractivity contribution in [1.29, 1.82) is 0 Å². The van der Waals surface area contributed by atoms with E-state index in [1.54, 1.807) is 26.0 Å². The molecular formula is C29H38O10. The Bertz CT molecular complexity index is 1120. The largest absolute Gasteiger partial charge is 0.462 e. The van der Waals surface area contributed by atoms with E-state index in [1.807, 2.05) is 19.9 Å². The molecule has 10 heteroatoms. The Morgan fingerprint density at radius 2 is 1.77 bits per heavy atom. The summed E-state index contributed by atoms with van der Waals surface area (Å²) in [6, 6.07) is 0. The van der Waals surface area contributed by atoms with Crippen LogP contribution in [-0.2, 0) is 33.3 Å². The number of ether oxygens (including phenoxy) is 5. The zero-order valence-corrected chi connectivity index (χ0v) is 22.7. The minimum atomic E-state index is -1.11. The van der Waals surface area contributed by atoms with Crippen molar-refractivity contribution in [3.05, 3.63) is 47.6 Å². The number of carbonyl (C=O) groups excluding carboxylic acids is 2. The molecular weight excluding hydrogens is 508 g/mol. The third-order valence-electron chi connectivity index (χ3n) is 9.48. The van der Waals surface area contributed by atoms with Gasteiger partial charge < -0.3 is 39.0 Å². The summed E-state index contributed by atoms with van der Waals surface area (Å²) in [6.45, 7) is 7.09. The third kappa shape index (κ3) is 4.61. The third-order valence-corrected chi connectivity index (χ3v) is 9.48. The lowest BCUT2D eigenvalue weighted by Gasteiger charge is -2.58. The van der Waals surface area contributed by atoms with Crippen LogP contribution < -0.4 is 0 Å². The van der Waals surface area contributed by atoms with Gasteiger partial charge in [0.05, 0.1) is 49.1 Å². The van der Waals surface area contributed by atoms with Crippen LogP contribution in [-0.4, -0.2) is 95.4 Å². The number of epoxide rings is 1. The summed E-state index contributed by atoms with van der Waals surface area (Å²) in [5.74, 6) is -1.23. The van der Waals surface area contributed by atoms with Gasteiger partial charge >= 0.3 is 11.9 Å². The molecule has 2 saturated heterocycles. The zero-order chi connectivity index (χ0) is 28.2. The summed E-state index contributed by atoms with van der Waals surface area (Å²) in [4.78, 5) is 25.9. The highest BCUT2D eigenvalue weighted by atomic mass is 16.6. The maximum Gasteiger partial charge on any atom is 0.331 e. The van der Waals surface area contributed by atoms with Crippen LogP contribution in [0.15, 0.2) is 47.6 Å². The Morgan fingerprint density at radius 1 is 1.03 bits per heavy atom. The average molecular weight is 547 g/mol. The minimum Gasteiger partial charge on any atom is -0.462 e. The van der Waals surface area contributed by atoms with Gasteiger partial charge in [-0.25, -0.2) is 9.59 Å². The van der Waals surface area contributed by atoms with Crippen molar-refractivity contribution in [1.82, 2.24) is 0 Å². The fraction of sp³-hybridized carbons (Fsp3) is 0.655. The molecule has 2 unspecified atom stereocenters. The lowest BCUT2D eigenvalue weighted by molar-refractivity contribution is -0.238. The first-order valence-corrected chi connectivity index (χ1v) is 13.5. The molecule has 2 bridgehead atoms. The first kappa shape index (κ1) is 28.2. The lowest BCUT2D eigenvalue weighted by Crippen LogP contribution is -2.68. The number of aliphatic hydroxyl groups excluding tert-OH is 3. The molecule has 39 heavy (non-hydrogen) atoms. The molecule has 0 aromatic rings. The molecule has 0 aromatic heterocycles. The van der Waals surface area contributed by atoms with E-state index in [1.165, 1.54) is 18.2 Å². The van der Waals surface area contributed by atoms with Crippen molar-refractivity contribution in [3.8, 4) is 0 Å².